The average Bonchev–Trinajstić information content (AvgIpc) is 2.87. The summed E-state index contributed by atoms with van der Waals surface area (Å²) in [4.78, 5) is 26.2. The average molecular weight is 515 g/mol. The highest BCUT2D eigenvalue weighted by atomic mass is 33.1. The van der Waals surface area contributed by atoms with Gasteiger partial charge in [0.05, 0.1) is 0 Å². The fraction of sp³-hybridized carbons (Fsp3) is 0.481. The maximum Gasteiger partial charge on any atom is 0.246 e. The van der Waals surface area contributed by atoms with Crippen LogP contribution in [-0.4, -0.2) is 41.7 Å². The quantitative estimate of drug-likeness (QED) is 0.300. The molecule has 8 heteroatoms. The summed E-state index contributed by atoms with van der Waals surface area (Å²) in [5.74, 6) is -0.322. The first-order chi connectivity index (χ1) is 16.8. The van der Waals surface area contributed by atoms with Crippen LogP contribution in [0, 0.1) is 0 Å². The van der Waals surface area contributed by atoms with Crippen molar-refractivity contribution in [1.29, 1.82) is 0 Å². The number of anilines is 1. The number of carbonyl (C=O) groups excluding carboxylic acids is 2. The minimum Gasteiger partial charge on any atom is -0.345 e. The summed E-state index contributed by atoms with van der Waals surface area (Å²) in [6, 6.07) is 18.1. The third kappa shape index (κ3) is 10.3. The van der Waals surface area contributed by atoms with E-state index < -0.39 is 6.04 Å². The van der Waals surface area contributed by atoms with E-state index in [0.717, 1.165) is 44.6 Å². The smallest absolute Gasteiger partial charge is 0.246 e. The van der Waals surface area contributed by atoms with Crippen LogP contribution in [0.4, 0.5) is 5.69 Å². The molecule has 0 aromatic heterocycles. The molecule has 1 atom stereocenters. The minimum absolute atomic E-state index is 0.0617. The molecule has 0 radical (unpaired) electrons. The second-order valence-electron chi connectivity index (χ2n) is 9.62. The lowest BCUT2D eigenvalue weighted by Crippen LogP contribution is -2.41. The first-order valence-corrected chi connectivity index (χ1v) is 14.5. The van der Waals surface area contributed by atoms with Crippen LogP contribution in [0.3, 0.4) is 0 Å². The van der Waals surface area contributed by atoms with Crippen LogP contribution in [0.2, 0.25) is 0 Å². The number of piperidine rings is 1. The van der Waals surface area contributed by atoms with Gasteiger partial charge in [0.15, 0.2) is 0 Å². The molecule has 1 heterocycles. The second kappa shape index (κ2) is 13.9. The van der Waals surface area contributed by atoms with Gasteiger partial charge in [-0.25, -0.2) is 0 Å². The predicted octanol–water partition coefficient (Wildman–Crippen LogP) is 4.97. The van der Waals surface area contributed by atoms with Crippen LogP contribution in [0.25, 0.3) is 0 Å². The molecule has 2 aromatic carbocycles. The first-order valence-electron chi connectivity index (χ1n) is 12.3. The summed E-state index contributed by atoms with van der Waals surface area (Å²) < 4.78 is -0.0617. The lowest BCUT2D eigenvalue weighted by molar-refractivity contribution is -0.126. The van der Waals surface area contributed by atoms with Crippen molar-refractivity contribution in [3.8, 4) is 0 Å². The zero-order valence-corrected chi connectivity index (χ0v) is 22.6. The molecule has 1 saturated heterocycles. The SMILES string of the molecule is C[C@H](NC(=O)CCC(C)(C)SSc1ccccc1)C(=O)Nc1ccc(CNC2CCNCC2)cc1. The van der Waals surface area contributed by atoms with E-state index in [1.165, 1.54) is 10.5 Å². The lowest BCUT2D eigenvalue weighted by Gasteiger charge is -2.24. The Kier molecular flexibility index (Phi) is 11.0. The summed E-state index contributed by atoms with van der Waals surface area (Å²) >= 11 is 0. The Balaban J connectivity index is 1.36. The van der Waals surface area contributed by atoms with Crippen molar-refractivity contribution in [3.63, 3.8) is 0 Å². The highest BCUT2D eigenvalue weighted by molar-refractivity contribution is 8.77. The number of amides is 2. The second-order valence-corrected chi connectivity index (χ2v) is 12.5. The Hall–Kier alpha value is -2.00. The van der Waals surface area contributed by atoms with Crippen molar-refractivity contribution < 1.29 is 9.59 Å². The van der Waals surface area contributed by atoms with Crippen LogP contribution >= 0.6 is 21.6 Å². The largest absolute Gasteiger partial charge is 0.345 e. The lowest BCUT2D eigenvalue weighted by atomic mass is 10.1. The highest BCUT2D eigenvalue weighted by Crippen LogP contribution is 2.42. The molecule has 0 bridgehead atoms. The summed E-state index contributed by atoms with van der Waals surface area (Å²) in [5, 5.41) is 12.7. The third-order valence-corrected chi connectivity index (χ3v) is 9.37. The molecule has 0 spiro atoms. The Morgan fingerprint density at radius 2 is 1.74 bits per heavy atom. The van der Waals surface area contributed by atoms with Crippen LogP contribution in [0.15, 0.2) is 59.5 Å². The molecule has 3 rings (SSSR count). The van der Waals surface area contributed by atoms with Crippen molar-refractivity contribution in [3.05, 3.63) is 60.2 Å². The number of rotatable bonds is 12. The summed E-state index contributed by atoms with van der Waals surface area (Å²) in [7, 11) is 3.49. The van der Waals surface area contributed by atoms with Gasteiger partial charge in [0.1, 0.15) is 6.04 Å². The molecule has 2 amide bonds. The van der Waals surface area contributed by atoms with Gasteiger partial charge in [0, 0.05) is 34.3 Å². The maximum absolute atomic E-state index is 12.6. The predicted molar refractivity (Wildman–Crippen MR) is 149 cm³/mol. The molecule has 1 aliphatic rings. The first kappa shape index (κ1) is 27.6. The van der Waals surface area contributed by atoms with Crippen LogP contribution in [0.5, 0.6) is 0 Å². The number of carbonyl (C=O) groups is 2. The molecule has 4 N–H and O–H groups in total. The number of hydrogen-bond acceptors (Lipinski definition) is 6. The standard InChI is InChI=1S/C27H38N4O2S2/c1-20(30-25(32)13-16-27(2,3)35-34-24-7-5-4-6-8-24)26(33)31-23-11-9-21(10-12-23)19-29-22-14-17-28-18-15-22/h4-12,20,22,28-29H,13-19H2,1-3H3,(H,30,32)(H,31,33)/t20-/m0/s1. The van der Waals surface area contributed by atoms with Gasteiger partial charge in [0.2, 0.25) is 11.8 Å². The summed E-state index contributed by atoms with van der Waals surface area (Å²) in [5.41, 5.74) is 1.92. The molecule has 190 valence electrons. The maximum atomic E-state index is 12.6. The molecule has 0 aliphatic carbocycles. The van der Waals surface area contributed by atoms with Gasteiger partial charge in [-0.15, -0.1) is 0 Å². The van der Waals surface area contributed by atoms with E-state index >= 15 is 0 Å². The molecule has 6 nitrogen and oxygen atoms in total. The van der Waals surface area contributed by atoms with Gasteiger partial charge in [-0.1, -0.05) is 51.9 Å². The topological polar surface area (TPSA) is 82.3 Å². The Labute approximate surface area is 217 Å². The van der Waals surface area contributed by atoms with Gasteiger partial charge < -0.3 is 21.3 Å². The molecule has 0 unspecified atom stereocenters. The van der Waals surface area contributed by atoms with E-state index in [9.17, 15) is 9.59 Å². The van der Waals surface area contributed by atoms with E-state index in [4.69, 9.17) is 0 Å². The zero-order chi connectivity index (χ0) is 25.1. The summed E-state index contributed by atoms with van der Waals surface area (Å²) in [6.07, 6.45) is 3.41. The van der Waals surface area contributed by atoms with E-state index in [1.807, 2.05) is 42.5 Å². The highest BCUT2D eigenvalue weighted by Gasteiger charge is 2.22. The van der Waals surface area contributed by atoms with Gasteiger partial charge in [-0.2, -0.15) is 0 Å². The molecule has 1 aliphatic heterocycles. The molecule has 0 saturated carbocycles. The van der Waals surface area contributed by atoms with Crippen molar-refractivity contribution >= 4 is 39.1 Å². The van der Waals surface area contributed by atoms with E-state index in [2.05, 4.69) is 47.2 Å². The Morgan fingerprint density at radius 1 is 1.06 bits per heavy atom. The van der Waals surface area contributed by atoms with E-state index in [1.54, 1.807) is 28.5 Å². The monoisotopic (exact) mass is 514 g/mol. The Bertz CT molecular complexity index is 932. The number of hydrogen-bond donors (Lipinski definition) is 4. The van der Waals surface area contributed by atoms with Crippen molar-refractivity contribution in [2.45, 2.75) is 74.7 Å². The van der Waals surface area contributed by atoms with Crippen molar-refractivity contribution in [2.75, 3.05) is 18.4 Å². The minimum atomic E-state index is -0.599. The zero-order valence-electron chi connectivity index (χ0n) is 20.9. The molecule has 35 heavy (non-hydrogen) atoms. The van der Waals surface area contributed by atoms with Crippen LogP contribution < -0.4 is 21.3 Å². The molecule has 1 fully saturated rings. The number of benzene rings is 2. The normalized spacial score (nSPS) is 15.4. The fourth-order valence-corrected chi connectivity index (χ4v) is 6.04. The van der Waals surface area contributed by atoms with Gasteiger partial charge in [0.25, 0.3) is 0 Å². The molecular formula is C27H38N4O2S2. The van der Waals surface area contributed by atoms with Gasteiger partial charge in [-0.05, 0) is 83.0 Å². The van der Waals surface area contributed by atoms with Crippen molar-refractivity contribution in [2.24, 2.45) is 0 Å². The van der Waals surface area contributed by atoms with E-state index in [0.29, 0.717) is 12.5 Å². The molecular weight excluding hydrogens is 476 g/mol. The van der Waals surface area contributed by atoms with E-state index in [-0.39, 0.29) is 16.6 Å². The van der Waals surface area contributed by atoms with Crippen LogP contribution in [0.1, 0.15) is 52.0 Å². The third-order valence-electron chi connectivity index (χ3n) is 5.99. The van der Waals surface area contributed by atoms with Crippen molar-refractivity contribution in [1.82, 2.24) is 16.0 Å². The van der Waals surface area contributed by atoms with Gasteiger partial charge in [-0.3, -0.25) is 9.59 Å². The Morgan fingerprint density at radius 3 is 2.43 bits per heavy atom. The summed E-state index contributed by atoms with van der Waals surface area (Å²) in [6.45, 7) is 8.97. The van der Waals surface area contributed by atoms with Gasteiger partial charge >= 0.3 is 0 Å². The van der Waals surface area contributed by atoms with Crippen LogP contribution in [-0.2, 0) is 16.1 Å². The molecule has 2 aromatic rings. The number of nitrogens with one attached hydrogen (secondary N) is 4. The fourth-order valence-electron chi connectivity index (χ4n) is 3.72.